The van der Waals surface area contributed by atoms with E-state index in [2.05, 4.69) is 9.97 Å². The topological polar surface area (TPSA) is 117 Å². The Labute approximate surface area is 158 Å². The van der Waals surface area contributed by atoms with E-state index in [1.54, 1.807) is 18.2 Å². The van der Waals surface area contributed by atoms with Crippen LogP contribution in [0.3, 0.4) is 0 Å². The lowest BCUT2D eigenvalue weighted by molar-refractivity contribution is 0.546. The smallest absolute Gasteiger partial charge is 0.256 e. The summed E-state index contributed by atoms with van der Waals surface area (Å²) in [6.07, 6.45) is 2.57. The van der Waals surface area contributed by atoms with E-state index >= 15 is 0 Å². The molecular weight excluding hydrogens is 392 g/mol. The lowest BCUT2D eigenvalue weighted by Crippen LogP contribution is -2.03. The van der Waals surface area contributed by atoms with Gasteiger partial charge in [0.1, 0.15) is 16.2 Å². The summed E-state index contributed by atoms with van der Waals surface area (Å²) >= 11 is 2.39. The highest BCUT2D eigenvalue weighted by molar-refractivity contribution is 8.13. The number of hydrogen-bond donors (Lipinski definition) is 2. The highest BCUT2D eigenvalue weighted by Gasteiger charge is 2.17. The van der Waals surface area contributed by atoms with Gasteiger partial charge in [0.05, 0.1) is 10.3 Å². The van der Waals surface area contributed by atoms with Crippen LogP contribution in [0.1, 0.15) is 6.92 Å². The minimum absolute atomic E-state index is 0.0841. The Balaban J connectivity index is 2.11. The first-order valence-corrected chi connectivity index (χ1v) is 10.9. The van der Waals surface area contributed by atoms with E-state index < -0.39 is 9.84 Å². The summed E-state index contributed by atoms with van der Waals surface area (Å²) in [5, 5.41) is 18.1. The van der Waals surface area contributed by atoms with Crippen molar-refractivity contribution >= 4 is 54.3 Å². The number of thiophene rings is 1. The summed E-state index contributed by atoms with van der Waals surface area (Å²) in [4.78, 5) is 9.44. The second kappa shape index (κ2) is 7.14. The quantitative estimate of drug-likeness (QED) is 0.296. The van der Waals surface area contributed by atoms with Gasteiger partial charge >= 0.3 is 0 Å². The minimum Gasteiger partial charge on any atom is -0.420 e. The average molecular weight is 407 g/mol. The number of ether oxygens (including phenoxy) is 1. The summed E-state index contributed by atoms with van der Waals surface area (Å²) in [5.74, 6) is -0.0841. The Morgan fingerprint density at radius 3 is 2.73 bits per heavy atom. The van der Waals surface area contributed by atoms with Crippen LogP contribution in [0.15, 0.2) is 45.9 Å². The number of thioether (sulfide) groups is 1. The third-order valence-corrected chi connectivity index (χ3v) is 6.11. The summed E-state index contributed by atoms with van der Waals surface area (Å²) < 4.78 is 28.7. The van der Waals surface area contributed by atoms with Crippen LogP contribution in [-0.2, 0) is 14.6 Å². The largest absolute Gasteiger partial charge is 0.420 e. The van der Waals surface area contributed by atoms with Gasteiger partial charge in [0.15, 0.2) is 15.7 Å². The number of nitrogens with one attached hydrogen (secondary N) is 2. The van der Waals surface area contributed by atoms with Gasteiger partial charge in [-0.1, -0.05) is 12.1 Å². The number of fused-ring (bicyclic) bond motifs is 1. The van der Waals surface area contributed by atoms with E-state index in [4.69, 9.17) is 15.6 Å². The fourth-order valence-corrected chi connectivity index (χ4v) is 4.68. The van der Waals surface area contributed by atoms with Crippen LogP contribution in [0.4, 0.5) is 0 Å². The second-order valence-electron chi connectivity index (χ2n) is 5.36. The Morgan fingerprint density at radius 1 is 1.27 bits per heavy atom. The Morgan fingerprint density at radius 2 is 2.04 bits per heavy atom. The van der Waals surface area contributed by atoms with Crippen molar-refractivity contribution in [1.29, 1.82) is 10.8 Å². The highest BCUT2D eigenvalue weighted by atomic mass is 32.2. The van der Waals surface area contributed by atoms with Gasteiger partial charge in [-0.15, -0.1) is 11.3 Å². The van der Waals surface area contributed by atoms with Crippen molar-refractivity contribution < 1.29 is 13.2 Å². The number of sulfone groups is 1. The van der Waals surface area contributed by atoms with Crippen molar-refractivity contribution in [3.8, 4) is 11.1 Å². The molecule has 0 bridgehead atoms. The summed E-state index contributed by atoms with van der Waals surface area (Å²) in [5.41, 5.74) is 1.52. The zero-order chi connectivity index (χ0) is 18.9. The van der Waals surface area contributed by atoms with Crippen LogP contribution in [0.2, 0.25) is 0 Å². The fourth-order valence-electron chi connectivity index (χ4n) is 2.28. The van der Waals surface area contributed by atoms with Crippen molar-refractivity contribution in [2.45, 2.75) is 16.8 Å². The van der Waals surface area contributed by atoms with E-state index in [-0.39, 0.29) is 16.0 Å². The first-order valence-electron chi connectivity index (χ1n) is 7.28. The average Bonchev–Trinajstić information content (AvgIpc) is 2.98. The zero-order valence-electron chi connectivity index (χ0n) is 13.8. The third kappa shape index (κ3) is 3.92. The van der Waals surface area contributed by atoms with Crippen LogP contribution >= 0.6 is 23.1 Å². The van der Waals surface area contributed by atoms with Crippen molar-refractivity contribution in [1.82, 2.24) is 9.97 Å². The standard InChI is InChI=1S/C16H14N4O3S3/c1-9(17)23-16(18)25-15-13-12(7-24-14(13)19-8-20-15)10-4-3-5-11(6-10)26(2,21)22/h3-8,17-18H,1-2H3. The normalized spacial score (nSPS) is 11.5. The third-order valence-electron chi connectivity index (χ3n) is 3.34. The molecule has 2 heterocycles. The molecule has 0 radical (unpaired) electrons. The first-order chi connectivity index (χ1) is 12.3. The monoisotopic (exact) mass is 406 g/mol. The number of aromatic nitrogens is 2. The van der Waals surface area contributed by atoms with Gasteiger partial charge < -0.3 is 4.74 Å². The number of benzene rings is 1. The fraction of sp³-hybridized carbons (Fsp3) is 0.125. The molecule has 0 spiro atoms. The zero-order valence-corrected chi connectivity index (χ0v) is 16.3. The highest BCUT2D eigenvalue weighted by Crippen LogP contribution is 2.38. The number of rotatable bonds is 3. The molecule has 3 rings (SSSR count). The van der Waals surface area contributed by atoms with Crippen molar-refractivity contribution in [3.05, 3.63) is 36.0 Å². The van der Waals surface area contributed by atoms with Crippen molar-refractivity contribution in [2.75, 3.05) is 6.26 Å². The van der Waals surface area contributed by atoms with Gasteiger partial charge in [0.25, 0.3) is 5.23 Å². The molecule has 0 atom stereocenters. The molecule has 3 aromatic rings. The molecule has 134 valence electrons. The molecule has 1 aromatic carbocycles. The molecule has 10 heteroatoms. The number of nitrogens with zero attached hydrogens (tertiary/aromatic N) is 2. The van der Waals surface area contributed by atoms with Gasteiger partial charge in [0, 0.05) is 24.1 Å². The Hall–Kier alpha value is -2.30. The van der Waals surface area contributed by atoms with E-state index in [9.17, 15) is 8.42 Å². The van der Waals surface area contributed by atoms with Crippen LogP contribution in [0.25, 0.3) is 21.3 Å². The molecule has 2 N–H and O–H groups in total. The summed E-state index contributed by atoms with van der Waals surface area (Å²) in [6.45, 7) is 1.44. The maximum absolute atomic E-state index is 11.8. The van der Waals surface area contributed by atoms with E-state index in [1.807, 2.05) is 11.4 Å². The van der Waals surface area contributed by atoms with Gasteiger partial charge in [-0.25, -0.2) is 18.4 Å². The molecule has 2 aromatic heterocycles. The van der Waals surface area contributed by atoms with Crippen molar-refractivity contribution in [2.24, 2.45) is 0 Å². The van der Waals surface area contributed by atoms with Gasteiger partial charge in [-0.05, 0) is 29.5 Å². The molecule has 7 nitrogen and oxygen atoms in total. The van der Waals surface area contributed by atoms with Crippen LogP contribution in [0.5, 0.6) is 0 Å². The maximum atomic E-state index is 11.8. The molecule has 0 saturated heterocycles. The van der Waals surface area contributed by atoms with E-state index in [0.29, 0.717) is 5.03 Å². The molecule has 0 aliphatic carbocycles. The van der Waals surface area contributed by atoms with Crippen LogP contribution in [0, 0.1) is 10.8 Å². The van der Waals surface area contributed by atoms with E-state index in [1.165, 1.54) is 30.8 Å². The Kier molecular flexibility index (Phi) is 5.08. The predicted octanol–water partition coefficient (Wildman–Crippen LogP) is 3.80. The predicted molar refractivity (Wildman–Crippen MR) is 104 cm³/mol. The minimum atomic E-state index is -3.32. The van der Waals surface area contributed by atoms with Gasteiger partial charge in [0.2, 0.25) is 0 Å². The lowest BCUT2D eigenvalue weighted by atomic mass is 10.1. The van der Waals surface area contributed by atoms with E-state index in [0.717, 1.165) is 33.1 Å². The van der Waals surface area contributed by atoms with Crippen LogP contribution in [-0.4, -0.2) is 35.8 Å². The molecule has 26 heavy (non-hydrogen) atoms. The molecule has 0 amide bonds. The number of hydrogen-bond acceptors (Lipinski definition) is 9. The summed E-state index contributed by atoms with van der Waals surface area (Å²) in [7, 11) is -3.32. The molecule has 0 unspecified atom stereocenters. The van der Waals surface area contributed by atoms with Crippen LogP contribution < -0.4 is 0 Å². The SMILES string of the molecule is CC(=N)OC(=N)Sc1ncnc2scc(-c3cccc(S(C)(=O)=O)c3)c12. The Bertz CT molecular complexity index is 1120. The molecule has 0 fully saturated rings. The van der Waals surface area contributed by atoms with Gasteiger partial charge in [-0.3, -0.25) is 10.8 Å². The lowest BCUT2D eigenvalue weighted by Gasteiger charge is -2.07. The maximum Gasteiger partial charge on any atom is 0.256 e. The molecule has 0 aliphatic heterocycles. The molecular formula is C16H14N4O3S3. The molecule has 0 saturated carbocycles. The van der Waals surface area contributed by atoms with Gasteiger partial charge in [-0.2, -0.15) is 0 Å². The molecule has 0 aliphatic rings. The summed E-state index contributed by atoms with van der Waals surface area (Å²) in [6, 6.07) is 6.67. The first kappa shape index (κ1) is 18.5. The van der Waals surface area contributed by atoms with Crippen molar-refractivity contribution in [3.63, 3.8) is 0 Å². The second-order valence-corrected chi connectivity index (χ2v) is 9.19.